The average molecular weight is 136 g/mol. The maximum absolute atomic E-state index is 4.78. The van der Waals surface area contributed by atoms with Crippen molar-refractivity contribution in [2.45, 2.75) is 42.0 Å². The first-order valence-corrected chi connectivity index (χ1v) is 2.40. The lowest BCUT2D eigenvalue weighted by Gasteiger charge is -1.89. The van der Waals surface area contributed by atoms with Crippen molar-refractivity contribution >= 4 is 0 Å². The predicted octanol–water partition coefficient (Wildman–Crippen LogP) is 3.34. The monoisotopic (exact) mass is 136 g/mol. The van der Waals surface area contributed by atoms with E-state index in [0.717, 1.165) is 6.61 Å². The fourth-order valence-corrected chi connectivity index (χ4v) is 0.289. The number of hydrogen-bond donors (Lipinski definition) is 0. The van der Waals surface area contributed by atoms with Crippen LogP contribution in [0.25, 0.3) is 0 Å². The molecule has 0 atom stereocenters. The van der Waals surface area contributed by atoms with Crippen molar-refractivity contribution in [2.75, 3.05) is 13.7 Å². The summed E-state index contributed by atoms with van der Waals surface area (Å²) in [6.07, 6.45) is 2.42. The number of hydrogen-bond acceptors (Lipinski definition) is 1. The van der Waals surface area contributed by atoms with Gasteiger partial charge in [0.15, 0.2) is 0 Å². The Hall–Kier alpha value is -0.0400. The van der Waals surface area contributed by atoms with E-state index in [4.69, 9.17) is 4.74 Å². The van der Waals surface area contributed by atoms with E-state index in [0.29, 0.717) is 0 Å². The zero-order chi connectivity index (χ0) is 4.83. The lowest BCUT2D eigenvalue weighted by atomic mass is 10.4. The van der Waals surface area contributed by atoms with Gasteiger partial charge in [-0.1, -0.05) is 35.6 Å². The Morgan fingerprint density at radius 1 is 1.11 bits per heavy atom. The van der Waals surface area contributed by atoms with Crippen LogP contribution in [0, 0.1) is 0 Å². The number of unbranched alkanes of at least 4 members (excludes halogenated alkanes) is 1. The lowest BCUT2D eigenvalue weighted by molar-refractivity contribution is 0.194. The third-order valence-corrected chi connectivity index (χ3v) is 0.702. The van der Waals surface area contributed by atoms with Gasteiger partial charge >= 0.3 is 0 Å². The fraction of sp³-hybridized carbons (Fsp3) is 1.00. The maximum atomic E-state index is 4.78. The first-order chi connectivity index (χ1) is 2.91. The summed E-state index contributed by atoms with van der Waals surface area (Å²) >= 11 is 0. The van der Waals surface area contributed by atoms with Gasteiger partial charge in [-0.2, -0.15) is 0 Å². The standard InChI is InChI=1S/C5H12O.3CH4/c1-3-4-5-6-2;;;/h3-5H2,1-2H3;3*1H4. The molecule has 0 aromatic rings. The molecule has 0 spiro atoms. The summed E-state index contributed by atoms with van der Waals surface area (Å²) in [5, 5.41) is 0. The van der Waals surface area contributed by atoms with Crippen molar-refractivity contribution in [2.24, 2.45) is 0 Å². The molecule has 0 aliphatic heterocycles. The largest absolute Gasteiger partial charge is 0.385 e. The molecule has 0 aliphatic carbocycles. The number of methoxy groups -OCH3 is 1. The van der Waals surface area contributed by atoms with Crippen LogP contribution in [0.5, 0.6) is 0 Å². The summed E-state index contributed by atoms with van der Waals surface area (Å²) in [7, 11) is 1.73. The molecule has 0 heterocycles. The van der Waals surface area contributed by atoms with Gasteiger partial charge in [0, 0.05) is 13.7 Å². The molecule has 0 aliphatic rings. The first-order valence-electron chi connectivity index (χ1n) is 2.40. The van der Waals surface area contributed by atoms with E-state index in [2.05, 4.69) is 6.92 Å². The fourth-order valence-electron chi connectivity index (χ4n) is 0.289. The second-order valence-electron chi connectivity index (χ2n) is 1.35. The molecule has 0 rings (SSSR count). The Balaban J connectivity index is -0.0000000417. The summed E-state index contributed by atoms with van der Waals surface area (Å²) in [6.45, 7) is 3.07. The van der Waals surface area contributed by atoms with Crippen LogP contribution >= 0.6 is 0 Å². The van der Waals surface area contributed by atoms with Crippen LogP contribution in [0.3, 0.4) is 0 Å². The Morgan fingerprint density at radius 2 is 1.56 bits per heavy atom. The van der Waals surface area contributed by atoms with Crippen molar-refractivity contribution in [1.29, 1.82) is 0 Å². The van der Waals surface area contributed by atoms with E-state index in [-0.39, 0.29) is 22.3 Å². The smallest absolute Gasteiger partial charge is 0.0462 e. The molecule has 0 bridgehead atoms. The Kier molecular flexibility index (Phi) is 63.0. The van der Waals surface area contributed by atoms with Crippen LogP contribution < -0.4 is 0 Å². The third kappa shape index (κ3) is 32.3. The molecule has 0 amide bonds. The topological polar surface area (TPSA) is 9.23 Å². The van der Waals surface area contributed by atoms with Crippen molar-refractivity contribution < 1.29 is 4.74 Å². The molecule has 0 unspecified atom stereocenters. The van der Waals surface area contributed by atoms with Crippen LogP contribution in [-0.2, 0) is 4.74 Å². The third-order valence-electron chi connectivity index (χ3n) is 0.702. The van der Waals surface area contributed by atoms with E-state index in [1.165, 1.54) is 12.8 Å². The first kappa shape index (κ1) is 23.1. The SMILES string of the molecule is C.C.C.CCCCOC. The van der Waals surface area contributed by atoms with Gasteiger partial charge in [0.1, 0.15) is 0 Å². The molecular formula is C8H24O. The van der Waals surface area contributed by atoms with Gasteiger partial charge in [-0.05, 0) is 6.42 Å². The number of ether oxygens (including phenoxy) is 1. The maximum Gasteiger partial charge on any atom is 0.0462 e. The minimum atomic E-state index is 0. The van der Waals surface area contributed by atoms with E-state index in [1.54, 1.807) is 7.11 Å². The second-order valence-corrected chi connectivity index (χ2v) is 1.35. The summed E-state index contributed by atoms with van der Waals surface area (Å²) in [5.41, 5.74) is 0. The minimum absolute atomic E-state index is 0. The van der Waals surface area contributed by atoms with Gasteiger partial charge in [-0.25, -0.2) is 0 Å². The van der Waals surface area contributed by atoms with E-state index in [9.17, 15) is 0 Å². The molecule has 1 nitrogen and oxygen atoms in total. The average Bonchev–Trinajstić information content (AvgIpc) is 1.61. The van der Waals surface area contributed by atoms with Gasteiger partial charge in [-0.3, -0.25) is 0 Å². The van der Waals surface area contributed by atoms with Crippen LogP contribution in [0.4, 0.5) is 0 Å². The number of rotatable bonds is 3. The molecule has 0 fully saturated rings. The van der Waals surface area contributed by atoms with Crippen molar-refractivity contribution in [1.82, 2.24) is 0 Å². The quantitative estimate of drug-likeness (QED) is 0.541. The highest BCUT2D eigenvalue weighted by atomic mass is 16.5. The normalized spacial score (nSPS) is 6.00. The molecule has 0 saturated carbocycles. The molecule has 0 saturated heterocycles. The van der Waals surface area contributed by atoms with Crippen LogP contribution in [0.2, 0.25) is 0 Å². The molecule has 0 aromatic heterocycles. The van der Waals surface area contributed by atoms with E-state index < -0.39 is 0 Å². The molecule has 9 heavy (non-hydrogen) atoms. The zero-order valence-electron chi connectivity index (χ0n) is 4.53. The summed E-state index contributed by atoms with van der Waals surface area (Å²) < 4.78 is 4.78. The van der Waals surface area contributed by atoms with Crippen LogP contribution in [-0.4, -0.2) is 13.7 Å². The molecule has 0 N–H and O–H groups in total. The van der Waals surface area contributed by atoms with Crippen LogP contribution in [0.1, 0.15) is 42.0 Å². The van der Waals surface area contributed by atoms with Gasteiger partial charge in [0.2, 0.25) is 0 Å². The Bertz CT molecular complexity index is 16.5. The highest BCUT2D eigenvalue weighted by Crippen LogP contribution is 1.83. The highest BCUT2D eigenvalue weighted by Gasteiger charge is 1.74. The predicted molar refractivity (Wildman–Crippen MR) is 47.0 cm³/mol. The molecule has 62 valence electrons. The van der Waals surface area contributed by atoms with Gasteiger partial charge in [0.25, 0.3) is 0 Å². The molecule has 0 aromatic carbocycles. The molecular weight excluding hydrogens is 112 g/mol. The second kappa shape index (κ2) is 24.6. The van der Waals surface area contributed by atoms with Crippen molar-refractivity contribution in [3.63, 3.8) is 0 Å². The molecule has 1 heteroatoms. The Morgan fingerprint density at radius 3 is 1.67 bits per heavy atom. The van der Waals surface area contributed by atoms with E-state index >= 15 is 0 Å². The molecule has 0 radical (unpaired) electrons. The van der Waals surface area contributed by atoms with Gasteiger partial charge in [-0.15, -0.1) is 0 Å². The highest BCUT2D eigenvalue weighted by molar-refractivity contribution is 4.26. The van der Waals surface area contributed by atoms with Gasteiger partial charge in [0.05, 0.1) is 0 Å². The Labute approximate surface area is 61.4 Å². The summed E-state index contributed by atoms with van der Waals surface area (Å²) in [4.78, 5) is 0. The summed E-state index contributed by atoms with van der Waals surface area (Å²) in [5.74, 6) is 0. The minimum Gasteiger partial charge on any atom is -0.385 e. The van der Waals surface area contributed by atoms with Crippen LogP contribution in [0.15, 0.2) is 0 Å². The zero-order valence-corrected chi connectivity index (χ0v) is 4.53. The lowest BCUT2D eigenvalue weighted by Crippen LogP contribution is -1.84. The van der Waals surface area contributed by atoms with Crippen molar-refractivity contribution in [3.8, 4) is 0 Å². The van der Waals surface area contributed by atoms with Crippen molar-refractivity contribution in [3.05, 3.63) is 0 Å². The van der Waals surface area contributed by atoms with Gasteiger partial charge < -0.3 is 4.74 Å². The van der Waals surface area contributed by atoms with E-state index in [1.807, 2.05) is 0 Å². The summed E-state index contributed by atoms with van der Waals surface area (Å²) in [6, 6.07) is 0.